The summed E-state index contributed by atoms with van der Waals surface area (Å²) in [5.41, 5.74) is 6.18. The van der Waals surface area contributed by atoms with E-state index in [1.54, 1.807) is 0 Å². The van der Waals surface area contributed by atoms with Gasteiger partial charge in [0.1, 0.15) is 0 Å². The minimum Gasteiger partial charge on any atom is -0.0993 e. The summed E-state index contributed by atoms with van der Waals surface area (Å²) in [6.07, 6.45) is 5.08. The van der Waals surface area contributed by atoms with Gasteiger partial charge >= 0.3 is 0 Å². The van der Waals surface area contributed by atoms with Crippen LogP contribution in [0.1, 0.15) is 65.0 Å². The number of rotatable bonds is 3. The molecule has 0 spiro atoms. The van der Waals surface area contributed by atoms with Gasteiger partial charge in [-0.2, -0.15) is 0 Å². The van der Waals surface area contributed by atoms with Crippen LogP contribution in [-0.4, -0.2) is 0 Å². The molecule has 0 saturated carbocycles. The molecule has 0 atom stereocenters. The summed E-state index contributed by atoms with van der Waals surface area (Å²) in [5, 5.41) is 3.49. The Morgan fingerprint density at radius 1 is 1.07 bits per heavy atom. The first-order valence-electron chi connectivity index (χ1n) is 10.5. The average molecular weight is 409 g/mol. The first kappa shape index (κ1) is 25.0. The highest BCUT2D eigenvalue weighted by Gasteiger charge is 2.25. The van der Waals surface area contributed by atoms with E-state index in [1.807, 2.05) is 19.9 Å². The molecule has 0 fully saturated rings. The third kappa shape index (κ3) is 5.97. The smallest absolute Gasteiger partial charge is 0.0463 e. The molecule has 2 aromatic rings. The van der Waals surface area contributed by atoms with Crippen LogP contribution in [0.2, 0.25) is 0 Å². The second-order valence-electron chi connectivity index (χ2n) is 7.88. The predicted octanol–water partition coefficient (Wildman–Crippen LogP) is 9.43. The summed E-state index contributed by atoms with van der Waals surface area (Å²) in [6.45, 7) is 24.5. The largest absolute Gasteiger partial charge is 0.0993 e. The Hall–Kier alpha value is -2.05. The first-order chi connectivity index (χ1) is 13.7. The Morgan fingerprint density at radius 2 is 1.69 bits per heavy atom. The van der Waals surface area contributed by atoms with Crippen molar-refractivity contribution in [1.82, 2.24) is 0 Å². The van der Waals surface area contributed by atoms with Gasteiger partial charge in [0.15, 0.2) is 0 Å². The number of benzene rings is 2. The van der Waals surface area contributed by atoms with Gasteiger partial charge in [-0.25, -0.2) is 0 Å². The molecule has 0 nitrogen and oxygen atoms in total. The number of hydrogen-bond donors (Lipinski definition) is 0. The van der Waals surface area contributed by atoms with Crippen LogP contribution in [0.15, 0.2) is 84.0 Å². The van der Waals surface area contributed by atoms with Crippen LogP contribution in [0.25, 0.3) is 10.8 Å². The van der Waals surface area contributed by atoms with Crippen LogP contribution in [0.3, 0.4) is 0 Å². The number of halogens is 1. The van der Waals surface area contributed by atoms with E-state index in [9.17, 15) is 0 Å². The van der Waals surface area contributed by atoms with E-state index in [4.69, 9.17) is 11.6 Å². The summed E-state index contributed by atoms with van der Waals surface area (Å²) >= 11 is 5.94. The monoisotopic (exact) mass is 408 g/mol. The molecule has 0 radical (unpaired) electrons. The fourth-order valence-electron chi connectivity index (χ4n) is 3.55. The maximum absolute atomic E-state index is 5.94. The molecule has 3 rings (SSSR count). The van der Waals surface area contributed by atoms with Gasteiger partial charge < -0.3 is 0 Å². The van der Waals surface area contributed by atoms with Gasteiger partial charge in [0.2, 0.25) is 0 Å². The van der Waals surface area contributed by atoms with E-state index in [0.29, 0.717) is 0 Å². The molecule has 29 heavy (non-hydrogen) atoms. The highest BCUT2D eigenvalue weighted by molar-refractivity contribution is 6.32. The van der Waals surface area contributed by atoms with Gasteiger partial charge in [0, 0.05) is 10.4 Å². The molecule has 0 amide bonds. The number of fused-ring (bicyclic) bond motifs is 1. The minimum atomic E-state index is 0.0188. The van der Waals surface area contributed by atoms with Crippen molar-refractivity contribution < 1.29 is 0 Å². The van der Waals surface area contributed by atoms with E-state index in [1.165, 1.54) is 27.5 Å². The lowest BCUT2D eigenvalue weighted by Crippen LogP contribution is -2.20. The highest BCUT2D eigenvalue weighted by Crippen LogP contribution is 2.37. The minimum absolute atomic E-state index is 0.0188. The fourth-order valence-corrected chi connectivity index (χ4v) is 3.82. The van der Waals surface area contributed by atoms with Crippen LogP contribution < -0.4 is 0 Å². The summed E-state index contributed by atoms with van der Waals surface area (Å²) in [4.78, 5) is 0. The van der Waals surface area contributed by atoms with Crippen molar-refractivity contribution in [3.8, 4) is 0 Å². The predicted molar refractivity (Wildman–Crippen MR) is 134 cm³/mol. The van der Waals surface area contributed by atoms with E-state index in [2.05, 4.69) is 83.8 Å². The Labute approximate surface area is 183 Å². The third-order valence-electron chi connectivity index (χ3n) is 5.59. The fraction of sp³-hybridized carbons (Fsp3) is 0.357. The molecule has 156 valence electrons. The average Bonchev–Trinajstić information content (AvgIpc) is 2.71. The van der Waals surface area contributed by atoms with Gasteiger partial charge in [0.05, 0.1) is 0 Å². The molecule has 1 heteroatoms. The summed E-state index contributed by atoms with van der Waals surface area (Å²) in [6, 6.07) is 13.0. The SMILES string of the molecule is C=C(C)C(C)(C)c1c(C)ccc2ccccc12.C=CC1=C(Cl)C(=C)CCC1.CC. The molecule has 0 bridgehead atoms. The molecule has 0 aromatic heterocycles. The molecule has 1 aliphatic rings. The second-order valence-corrected chi connectivity index (χ2v) is 8.26. The van der Waals surface area contributed by atoms with Crippen LogP contribution in [0, 0.1) is 6.92 Å². The van der Waals surface area contributed by atoms with Crippen LogP contribution in [0.5, 0.6) is 0 Å². The molecule has 2 aromatic carbocycles. The lowest BCUT2D eigenvalue weighted by Gasteiger charge is -2.29. The second kappa shape index (κ2) is 11.2. The quantitative estimate of drug-likeness (QED) is 0.443. The third-order valence-corrected chi connectivity index (χ3v) is 6.10. The number of aryl methyl sites for hydroxylation is 1. The summed E-state index contributed by atoms with van der Waals surface area (Å²) < 4.78 is 0. The number of hydrogen-bond acceptors (Lipinski definition) is 0. The van der Waals surface area contributed by atoms with Crippen LogP contribution in [-0.2, 0) is 5.41 Å². The van der Waals surface area contributed by atoms with E-state index >= 15 is 0 Å². The van der Waals surface area contributed by atoms with Gasteiger partial charge in [-0.1, -0.05) is 107 Å². The van der Waals surface area contributed by atoms with Gasteiger partial charge in [-0.3, -0.25) is 0 Å². The molecule has 0 heterocycles. The van der Waals surface area contributed by atoms with Crippen LogP contribution >= 0.6 is 11.6 Å². The Morgan fingerprint density at radius 3 is 2.24 bits per heavy atom. The van der Waals surface area contributed by atoms with Crippen LogP contribution in [0.4, 0.5) is 0 Å². The van der Waals surface area contributed by atoms with E-state index < -0.39 is 0 Å². The zero-order chi connectivity index (χ0) is 22.2. The van der Waals surface area contributed by atoms with Crippen molar-refractivity contribution in [2.75, 3.05) is 0 Å². The molecule has 0 N–H and O–H groups in total. The van der Waals surface area contributed by atoms with E-state index in [0.717, 1.165) is 35.4 Å². The van der Waals surface area contributed by atoms with Crippen molar-refractivity contribution in [3.63, 3.8) is 0 Å². The zero-order valence-corrected chi connectivity index (χ0v) is 19.9. The van der Waals surface area contributed by atoms with Crippen molar-refractivity contribution in [2.45, 2.75) is 66.2 Å². The summed E-state index contributed by atoms with van der Waals surface area (Å²) in [5.74, 6) is 0. The topological polar surface area (TPSA) is 0 Å². The molecule has 1 aliphatic carbocycles. The van der Waals surface area contributed by atoms with Crippen molar-refractivity contribution >= 4 is 22.4 Å². The maximum Gasteiger partial charge on any atom is 0.0463 e. The normalized spacial score (nSPS) is 13.8. The molecular weight excluding hydrogens is 372 g/mol. The van der Waals surface area contributed by atoms with Crippen molar-refractivity contribution in [1.29, 1.82) is 0 Å². The maximum atomic E-state index is 5.94. The van der Waals surface area contributed by atoms with E-state index in [-0.39, 0.29) is 5.41 Å². The van der Waals surface area contributed by atoms with Crippen molar-refractivity contribution in [2.24, 2.45) is 0 Å². The van der Waals surface area contributed by atoms with Crippen molar-refractivity contribution in [3.05, 3.63) is 95.1 Å². The zero-order valence-electron chi connectivity index (χ0n) is 19.2. The standard InChI is InChI=1S/C17H20.C9H11Cl.C2H6/c1-12(2)17(4,5)16-13(3)10-11-14-8-6-7-9-15(14)16;1-3-8-6-4-5-7(2)9(8)10;1-2/h6-11H,1H2,2-5H3;3H,1-2,4-6H2;1-2H3. The lowest BCUT2D eigenvalue weighted by molar-refractivity contribution is 0.628. The molecule has 0 unspecified atom stereocenters. The molecule has 0 aliphatic heterocycles. The molecular formula is C28H37Cl. The Kier molecular flexibility index (Phi) is 9.66. The van der Waals surface area contributed by atoms with Gasteiger partial charge in [-0.15, -0.1) is 0 Å². The number of allylic oxidation sites excluding steroid dienone is 5. The summed E-state index contributed by atoms with van der Waals surface area (Å²) in [7, 11) is 0. The van der Waals surface area contributed by atoms with Gasteiger partial charge in [-0.05, 0) is 66.2 Å². The lowest BCUT2D eigenvalue weighted by atomic mass is 9.75. The Bertz CT molecular complexity index is 909. The molecule has 0 saturated heterocycles. The Balaban J connectivity index is 0.000000299. The highest BCUT2D eigenvalue weighted by atomic mass is 35.5. The van der Waals surface area contributed by atoms with Gasteiger partial charge in [0.25, 0.3) is 0 Å². The first-order valence-corrected chi connectivity index (χ1v) is 10.9.